The van der Waals surface area contributed by atoms with Crippen molar-refractivity contribution in [1.29, 1.82) is 0 Å². The van der Waals surface area contributed by atoms with E-state index in [0.29, 0.717) is 5.41 Å². The first-order valence-electron chi connectivity index (χ1n) is 7.57. The van der Waals surface area contributed by atoms with Crippen LogP contribution in [0.5, 0.6) is 0 Å². The van der Waals surface area contributed by atoms with Gasteiger partial charge in [-0.25, -0.2) is 0 Å². The maximum Gasteiger partial charge on any atom is 0.00967 e. The Bertz CT molecular complexity index is 212. The molecule has 0 radical (unpaired) electrons. The van der Waals surface area contributed by atoms with Gasteiger partial charge in [0.15, 0.2) is 0 Å². The van der Waals surface area contributed by atoms with E-state index in [9.17, 15) is 0 Å². The molecule has 1 N–H and O–H groups in total. The fourth-order valence-corrected chi connectivity index (χ4v) is 2.49. The van der Waals surface area contributed by atoms with Crippen LogP contribution in [0, 0.1) is 11.3 Å². The molecular weight excluding hydrogens is 220 g/mol. The van der Waals surface area contributed by atoms with E-state index in [1.165, 1.54) is 25.9 Å². The molecule has 18 heavy (non-hydrogen) atoms. The van der Waals surface area contributed by atoms with Gasteiger partial charge >= 0.3 is 0 Å². The van der Waals surface area contributed by atoms with Crippen molar-refractivity contribution < 1.29 is 0 Å². The Morgan fingerprint density at radius 1 is 1.06 bits per heavy atom. The molecule has 0 aromatic heterocycles. The van der Waals surface area contributed by atoms with E-state index < -0.39 is 0 Å². The van der Waals surface area contributed by atoms with E-state index in [-0.39, 0.29) is 5.54 Å². The minimum absolute atomic E-state index is 0.214. The summed E-state index contributed by atoms with van der Waals surface area (Å²) in [6.07, 6.45) is 2.49. The van der Waals surface area contributed by atoms with Crippen LogP contribution in [0.15, 0.2) is 0 Å². The number of hydrogen-bond donors (Lipinski definition) is 1. The normalized spacial score (nSPS) is 13.7. The van der Waals surface area contributed by atoms with Crippen LogP contribution in [0.1, 0.15) is 61.3 Å². The van der Waals surface area contributed by atoms with Crippen LogP contribution in [0.2, 0.25) is 0 Å². The summed E-state index contributed by atoms with van der Waals surface area (Å²) in [6.45, 7) is 19.5. The summed E-state index contributed by atoms with van der Waals surface area (Å²) >= 11 is 0. The summed E-state index contributed by atoms with van der Waals surface area (Å²) in [5.74, 6) is 0.747. The van der Waals surface area contributed by atoms with Gasteiger partial charge in [-0.1, -0.05) is 27.7 Å². The van der Waals surface area contributed by atoms with Crippen LogP contribution in [0.3, 0.4) is 0 Å². The van der Waals surface area contributed by atoms with Crippen molar-refractivity contribution in [2.24, 2.45) is 11.3 Å². The maximum atomic E-state index is 3.70. The molecule has 0 aliphatic heterocycles. The Hall–Kier alpha value is -0.0800. The van der Waals surface area contributed by atoms with E-state index in [4.69, 9.17) is 0 Å². The fourth-order valence-electron chi connectivity index (χ4n) is 2.49. The van der Waals surface area contributed by atoms with E-state index in [1.807, 2.05) is 0 Å². The Morgan fingerprint density at radius 2 is 1.56 bits per heavy atom. The number of hydrogen-bond acceptors (Lipinski definition) is 2. The third kappa shape index (κ3) is 7.38. The second kappa shape index (κ2) is 7.49. The van der Waals surface area contributed by atoms with Crippen LogP contribution >= 0.6 is 0 Å². The van der Waals surface area contributed by atoms with E-state index in [0.717, 1.165) is 12.5 Å². The quantitative estimate of drug-likeness (QED) is 0.711. The third-order valence-electron chi connectivity index (χ3n) is 3.78. The summed E-state index contributed by atoms with van der Waals surface area (Å²) in [4.78, 5) is 2.50. The molecule has 0 spiro atoms. The largest absolute Gasteiger partial charge is 0.311 e. The first kappa shape index (κ1) is 17.9. The second-order valence-electron chi connectivity index (χ2n) is 7.40. The second-order valence-corrected chi connectivity index (χ2v) is 7.40. The maximum absolute atomic E-state index is 3.70. The molecule has 2 nitrogen and oxygen atoms in total. The molecule has 0 aromatic rings. The van der Waals surface area contributed by atoms with Gasteiger partial charge in [0.05, 0.1) is 0 Å². The summed E-state index contributed by atoms with van der Waals surface area (Å²) in [7, 11) is 2.26. The molecule has 0 fully saturated rings. The molecule has 0 aliphatic rings. The Kier molecular flexibility index (Phi) is 7.46. The highest BCUT2D eigenvalue weighted by molar-refractivity contribution is 4.85. The van der Waals surface area contributed by atoms with Gasteiger partial charge in [-0.05, 0) is 52.0 Å². The zero-order valence-electron chi connectivity index (χ0n) is 14.1. The smallest absolute Gasteiger partial charge is 0.00967 e. The van der Waals surface area contributed by atoms with Crippen molar-refractivity contribution in [3.05, 3.63) is 0 Å². The lowest BCUT2D eigenvalue weighted by Gasteiger charge is -2.39. The monoisotopic (exact) mass is 256 g/mol. The SMILES string of the molecule is CCC(CC)(CNC(C)(C)C)CN(C)CC(C)C. The van der Waals surface area contributed by atoms with Crippen molar-refractivity contribution in [3.63, 3.8) is 0 Å². The molecule has 0 saturated heterocycles. The molecule has 0 heterocycles. The molecule has 0 rings (SSSR count). The number of nitrogens with one attached hydrogen (secondary N) is 1. The molecule has 0 aliphatic carbocycles. The van der Waals surface area contributed by atoms with Gasteiger partial charge in [0, 0.05) is 25.2 Å². The predicted octanol–water partition coefficient (Wildman–Crippen LogP) is 3.77. The summed E-state index contributed by atoms with van der Waals surface area (Å²) < 4.78 is 0. The first-order chi connectivity index (χ1) is 8.14. The van der Waals surface area contributed by atoms with Gasteiger partial charge in [0.2, 0.25) is 0 Å². The van der Waals surface area contributed by atoms with E-state index >= 15 is 0 Å². The molecule has 0 bridgehead atoms. The average molecular weight is 256 g/mol. The van der Waals surface area contributed by atoms with Gasteiger partial charge in [-0.2, -0.15) is 0 Å². The predicted molar refractivity (Wildman–Crippen MR) is 83.1 cm³/mol. The fraction of sp³-hybridized carbons (Fsp3) is 1.00. The topological polar surface area (TPSA) is 15.3 Å². The van der Waals surface area contributed by atoms with Gasteiger partial charge in [0.25, 0.3) is 0 Å². The molecular formula is C16H36N2. The molecule has 2 heteroatoms. The van der Waals surface area contributed by atoms with Crippen molar-refractivity contribution in [3.8, 4) is 0 Å². The molecule has 0 saturated carbocycles. The standard InChI is InChI=1S/C16H36N2/c1-9-16(10-2,12-17-15(5,6)7)13-18(8)11-14(3)4/h14,17H,9-13H2,1-8H3. The zero-order chi connectivity index (χ0) is 14.4. The summed E-state index contributed by atoms with van der Waals surface area (Å²) in [5, 5.41) is 3.70. The highest BCUT2D eigenvalue weighted by atomic mass is 15.1. The lowest BCUT2D eigenvalue weighted by molar-refractivity contribution is 0.136. The van der Waals surface area contributed by atoms with Gasteiger partial charge in [-0.15, -0.1) is 0 Å². The Labute approximate surface area is 116 Å². The third-order valence-corrected chi connectivity index (χ3v) is 3.78. The average Bonchev–Trinajstić information content (AvgIpc) is 2.22. The Balaban J connectivity index is 4.51. The molecule has 0 unspecified atom stereocenters. The Morgan fingerprint density at radius 3 is 1.89 bits per heavy atom. The van der Waals surface area contributed by atoms with Crippen LogP contribution in [0.25, 0.3) is 0 Å². The van der Waals surface area contributed by atoms with Crippen LogP contribution in [-0.2, 0) is 0 Å². The van der Waals surface area contributed by atoms with Gasteiger partial charge < -0.3 is 10.2 Å². The van der Waals surface area contributed by atoms with Crippen molar-refractivity contribution >= 4 is 0 Å². The summed E-state index contributed by atoms with van der Waals surface area (Å²) in [5.41, 5.74) is 0.628. The molecule has 110 valence electrons. The zero-order valence-corrected chi connectivity index (χ0v) is 14.1. The van der Waals surface area contributed by atoms with E-state index in [1.54, 1.807) is 0 Å². The van der Waals surface area contributed by atoms with Crippen LogP contribution in [-0.4, -0.2) is 37.1 Å². The first-order valence-corrected chi connectivity index (χ1v) is 7.57. The minimum atomic E-state index is 0.214. The molecule has 0 aromatic carbocycles. The minimum Gasteiger partial charge on any atom is -0.311 e. The van der Waals surface area contributed by atoms with Gasteiger partial charge in [0.1, 0.15) is 0 Å². The lowest BCUT2D eigenvalue weighted by Crippen LogP contribution is -2.48. The number of rotatable bonds is 8. The van der Waals surface area contributed by atoms with E-state index in [2.05, 4.69) is 65.7 Å². The van der Waals surface area contributed by atoms with Gasteiger partial charge in [-0.3, -0.25) is 0 Å². The summed E-state index contributed by atoms with van der Waals surface area (Å²) in [6, 6.07) is 0. The van der Waals surface area contributed by atoms with Crippen LogP contribution < -0.4 is 5.32 Å². The van der Waals surface area contributed by atoms with Crippen LogP contribution in [0.4, 0.5) is 0 Å². The molecule has 0 atom stereocenters. The van der Waals surface area contributed by atoms with Crippen molar-refractivity contribution in [2.75, 3.05) is 26.7 Å². The van der Waals surface area contributed by atoms with Crippen molar-refractivity contribution in [1.82, 2.24) is 10.2 Å². The number of nitrogens with zero attached hydrogens (tertiary/aromatic N) is 1. The lowest BCUT2D eigenvalue weighted by atomic mass is 9.81. The highest BCUT2D eigenvalue weighted by Gasteiger charge is 2.29. The highest BCUT2D eigenvalue weighted by Crippen LogP contribution is 2.27. The molecule has 0 amide bonds. The van der Waals surface area contributed by atoms with Crippen molar-refractivity contribution in [2.45, 2.75) is 66.8 Å².